The van der Waals surface area contributed by atoms with Crippen molar-refractivity contribution in [2.45, 2.75) is 48.7 Å². The molecule has 5 rings (SSSR count). The summed E-state index contributed by atoms with van der Waals surface area (Å²) in [7, 11) is 0. The van der Waals surface area contributed by atoms with Gasteiger partial charge in [-0.15, -0.1) is 0 Å². The Labute approximate surface area is 220 Å². The number of phenols is 1. The van der Waals surface area contributed by atoms with E-state index in [2.05, 4.69) is 0 Å². The van der Waals surface area contributed by atoms with Gasteiger partial charge in [0.15, 0.2) is 17.8 Å². The molecule has 2 aliphatic heterocycles. The topological polar surface area (TPSA) is 209 Å². The van der Waals surface area contributed by atoms with E-state index in [4.69, 9.17) is 23.4 Å². The standard InChI is InChI=1S/C26H28O13/c27-9-18-20(31)21(32)22(39-25-23(33)26(34,10-28)11-35-25)24(38-18)36-13-6-14(29)19-15(30)8-16(37-17(19)7-13)12-4-2-1-3-5-12/h1-8,18,20-25,27-29,31-34H,9-11H2/t18-,20-,21+,22-,23+,24-,25+,26-/m1/s1. The van der Waals surface area contributed by atoms with Crippen LogP contribution in [0.1, 0.15) is 0 Å². The molecule has 2 aromatic carbocycles. The van der Waals surface area contributed by atoms with E-state index >= 15 is 0 Å². The molecule has 0 unspecified atom stereocenters. The van der Waals surface area contributed by atoms with E-state index in [0.29, 0.717) is 5.56 Å². The number of fused-ring (bicyclic) bond motifs is 1. The summed E-state index contributed by atoms with van der Waals surface area (Å²) in [4.78, 5) is 12.7. The third-order valence-electron chi connectivity index (χ3n) is 6.79. The van der Waals surface area contributed by atoms with Crippen LogP contribution in [0.5, 0.6) is 11.5 Å². The quantitative estimate of drug-likeness (QED) is 0.185. The molecule has 3 aromatic rings. The van der Waals surface area contributed by atoms with Crippen LogP contribution in [0.2, 0.25) is 0 Å². The lowest BCUT2D eigenvalue weighted by Gasteiger charge is -2.42. The molecule has 0 saturated carbocycles. The SMILES string of the molecule is O=c1cc(-c2ccccc2)oc2cc(O[C@@H]3O[C@H](CO)[C@@H](O)[C@H](O)[C@H]3O[C@@H]3OC[C@](O)(CO)[C@H]3O)cc(O)c12. The van der Waals surface area contributed by atoms with Crippen molar-refractivity contribution in [3.05, 3.63) is 58.8 Å². The average Bonchev–Trinajstić information content (AvgIpc) is 3.21. The van der Waals surface area contributed by atoms with Gasteiger partial charge in [0.2, 0.25) is 6.29 Å². The van der Waals surface area contributed by atoms with Gasteiger partial charge in [0.25, 0.3) is 0 Å². The Morgan fingerprint density at radius 3 is 2.41 bits per heavy atom. The van der Waals surface area contributed by atoms with Crippen LogP contribution in [0.4, 0.5) is 0 Å². The van der Waals surface area contributed by atoms with Crippen molar-refractivity contribution in [2.75, 3.05) is 19.8 Å². The summed E-state index contributed by atoms with van der Waals surface area (Å²) in [5.74, 6) is -0.319. The molecular formula is C26H28O13. The molecule has 210 valence electrons. The highest BCUT2D eigenvalue weighted by molar-refractivity contribution is 5.86. The first-order valence-corrected chi connectivity index (χ1v) is 12.1. The Morgan fingerprint density at radius 2 is 1.74 bits per heavy atom. The normalized spacial score (nSPS) is 32.9. The lowest BCUT2D eigenvalue weighted by Crippen LogP contribution is -2.62. The summed E-state index contributed by atoms with van der Waals surface area (Å²) >= 11 is 0. The van der Waals surface area contributed by atoms with E-state index in [9.17, 15) is 40.5 Å². The highest BCUT2D eigenvalue weighted by Gasteiger charge is 2.53. The largest absolute Gasteiger partial charge is 0.507 e. The minimum Gasteiger partial charge on any atom is -0.507 e. The van der Waals surface area contributed by atoms with Gasteiger partial charge in [-0.3, -0.25) is 4.79 Å². The van der Waals surface area contributed by atoms with Crippen LogP contribution in [0.25, 0.3) is 22.3 Å². The molecule has 13 nitrogen and oxygen atoms in total. The minimum atomic E-state index is -2.02. The average molecular weight is 548 g/mol. The minimum absolute atomic E-state index is 0.0218. The van der Waals surface area contributed by atoms with E-state index in [1.165, 1.54) is 12.1 Å². The molecule has 0 aliphatic carbocycles. The first kappa shape index (κ1) is 27.5. The lowest BCUT2D eigenvalue weighted by molar-refractivity contribution is -0.318. The zero-order valence-electron chi connectivity index (χ0n) is 20.4. The number of aromatic hydroxyl groups is 1. The van der Waals surface area contributed by atoms with Gasteiger partial charge in [-0.2, -0.15) is 0 Å². The van der Waals surface area contributed by atoms with Gasteiger partial charge in [0.1, 0.15) is 58.2 Å². The zero-order chi connectivity index (χ0) is 27.9. The number of aliphatic hydroxyl groups excluding tert-OH is 5. The maximum atomic E-state index is 12.7. The fourth-order valence-electron chi connectivity index (χ4n) is 4.55. The molecule has 2 saturated heterocycles. The predicted molar refractivity (Wildman–Crippen MR) is 131 cm³/mol. The first-order valence-electron chi connectivity index (χ1n) is 12.1. The van der Waals surface area contributed by atoms with Gasteiger partial charge in [-0.05, 0) is 0 Å². The first-order chi connectivity index (χ1) is 18.6. The number of rotatable bonds is 7. The van der Waals surface area contributed by atoms with Crippen molar-refractivity contribution >= 4 is 11.0 Å². The van der Waals surface area contributed by atoms with Gasteiger partial charge < -0.3 is 59.1 Å². The van der Waals surface area contributed by atoms with Crippen LogP contribution >= 0.6 is 0 Å². The molecule has 3 heterocycles. The number of ether oxygens (including phenoxy) is 4. The van der Waals surface area contributed by atoms with Crippen LogP contribution in [0.3, 0.4) is 0 Å². The monoisotopic (exact) mass is 548 g/mol. The van der Waals surface area contributed by atoms with E-state index in [-0.39, 0.29) is 22.5 Å². The van der Waals surface area contributed by atoms with Crippen LogP contribution in [-0.4, -0.2) is 104 Å². The lowest BCUT2D eigenvalue weighted by atomic mass is 9.98. The Kier molecular flexibility index (Phi) is 7.61. The van der Waals surface area contributed by atoms with E-state index in [1.54, 1.807) is 30.3 Å². The van der Waals surface area contributed by atoms with Gasteiger partial charge in [-0.1, -0.05) is 30.3 Å². The highest BCUT2D eigenvalue weighted by Crippen LogP contribution is 2.35. The Bertz CT molecular complexity index is 1360. The Balaban J connectivity index is 1.47. The van der Waals surface area contributed by atoms with Crippen LogP contribution in [-0.2, 0) is 14.2 Å². The Morgan fingerprint density at radius 1 is 1.00 bits per heavy atom. The van der Waals surface area contributed by atoms with Gasteiger partial charge in [0.05, 0.1) is 19.8 Å². The number of hydrogen-bond acceptors (Lipinski definition) is 13. The van der Waals surface area contributed by atoms with E-state index in [1.807, 2.05) is 0 Å². The van der Waals surface area contributed by atoms with Crippen LogP contribution in [0, 0.1) is 0 Å². The van der Waals surface area contributed by atoms with Crippen molar-refractivity contribution in [3.8, 4) is 22.8 Å². The molecule has 8 atom stereocenters. The maximum Gasteiger partial charge on any atom is 0.229 e. The summed E-state index contributed by atoms with van der Waals surface area (Å²) in [6.07, 6.45) is -11.0. The molecule has 2 aliphatic rings. The molecule has 13 heteroatoms. The molecular weight excluding hydrogens is 520 g/mol. The van der Waals surface area contributed by atoms with Gasteiger partial charge in [0, 0.05) is 23.8 Å². The van der Waals surface area contributed by atoms with E-state index < -0.39 is 79.7 Å². The second-order valence-corrected chi connectivity index (χ2v) is 9.47. The summed E-state index contributed by atoms with van der Waals surface area (Å²) in [5, 5.41) is 71.2. The fourth-order valence-corrected chi connectivity index (χ4v) is 4.55. The third-order valence-corrected chi connectivity index (χ3v) is 6.79. The second kappa shape index (κ2) is 10.8. The molecule has 39 heavy (non-hydrogen) atoms. The molecule has 1 aromatic heterocycles. The van der Waals surface area contributed by atoms with Crippen molar-refractivity contribution in [3.63, 3.8) is 0 Å². The van der Waals surface area contributed by atoms with Gasteiger partial charge >= 0.3 is 0 Å². The number of benzene rings is 2. The molecule has 0 radical (unpaired) electrons. The summed E-state index contributed by atoms with van der Waals surface area (Å²) in [6.45, 7) is -2.01. The molecule has 2 fully saturated rings. The zero-order valence-corrected chi connectivity index (χ0v) is 20.4. The fraction of sp³-hybridized carbons (Fsp3) is 0.423. The summed E-state index contributed by atoms with van der Waals surface area (Å²) < 4.78 is 28.1. The second-order valence-electron chi connectivity index (χ2n) is 9.47. The smallest absolute Gasteiger partial charge is 0.229 e. The van der Waals surface area contributed by atoms with Crippen molar-refractivity contribution in [1.82, 2.24) is 0 Å². The van der Waals surface area contributed by atoms with Crippen LogP contribution < -0.4 is 10.2 Å². The highest BCUT2D eigenvalue weighted by atomic mass is 16.8. The van der Waals surface area contributed by atoms with E-state index in [0.717, 1.165) is 6.07 Å². The summed E-state index contributed by atoms with van der Waals surface area (Å²) in [5.41, 5.74) is -1.93. The molecule has 0 spiro atoms. The van der Waals surface area contributed by atoms with Crippen LogP contribution in [0.15, 0.2) is 57.7 Å². The maximum absolute atomic E-state index is 12.7. The molecule has 0 amide bonds. The van der Waals surface area contributed by atoms with Crippen molar-refractivity contribution < 1.29 is 59.1 Å². The van der Waals surface area contributed by atoms with Crippen molar-refractivity contribution in [1.29, 1.82) is 0 Å². The van der Waals surface area contributed by atoms with Crippen molar-refractivity contribution in [2.24, 2.45) is 0 Å². The Hall–Kier alpha value is -3.11. The van der Waals surface area contributed by atoms with Gasteiger partial charge in [-0.25, -0.2) is 0 Å². The predicted octanol–water partition coefficient (Wildman–Crippen LogP) is -1.19. The molecule has 0 bridgehead atoms. The third kappa shape index (κ3) is 5.12. The number of hydrogen-bond donors (Lipinski definition) is 7. The number of phenolic OH excluding ortho intramolecular Hbond substituents is 1. The molecule has 7 N–H and O–H groups in total. The number of aliphatic hydroxyl groups is 6. The summed E-state index contributed by atoms with van der Waals surface area (Å²) in [6, 6.07) is 12.5.